The topological polar surface area (TPSA) is 185 Å². The number of urea groups is 1. The van der Waals surface area contributed by atoms with Crippen LogP contribution in [-0.2, 0) is 19.4 Å². The molecule has 38 heavy (non-hydrogen) atoms. The third-order valence-electron chi connectivity index (χ3n) is 5.84. The minimum absolute atomic E-state index is 0.00898. The van der Waals surface area contributed by atoms with E-state index in [9.17, 15) is 38.0 Å². The monoisotopic (exact) mass is 546 g/mol. The lowest BCUT2D eigenvalue weighted by Crippen LogP contribution is -2.49. The molecule has 0 fully saturated rings. The van der Waals surface area contributed by atoms with Crippen molar-refractivity contribution in [1.82, 2.24) is 15.5 Å². The van der Waals surface area contributed by atoms with Crippen LogP contribution in [0.3, 0.4) is 0 Å². The largest absolute Gasteiger partial charge is 0.478 e. The van der Waals surface area contributed by atoms with E-state index in [2.05, 4.69) is 15.4 Å². The number of methoxy groups -OCH3 is 1. The van der Waals surface area contributed by atoms with Crippen LogP contribution in [0, 0.1) is 10.1 Å². The molecule has 0 bridgehead atoms. The fraction of sp³-hybridized carbons (Fsp3) is 0.292. The van der Waals surface area contributed by atoms with E-state index in [1.54, 1.807) is 0 Å². The summed E-state index contributed by atoms with van der Waals surface area (Å²) < 4.78 is 30.2. The van der Waals surface area contributed by atoms with Crippen LogP contribution in [0.1, 0.15) is 35.3 Å². The quantitative estimate of drug-likeness (QED) is 0.163. The number of carboxylic acid groups (broad SMARTS) is 1. The number of esters is 1. The van der Waals surface area contributed by atoms with Gasteiger partial charge in [0, 0.05) is 24.4 Å². The molecule has 0 saturated heterocycles. The summed E-state index contributed by atoms with van der Waals surface area (Å²) in [5.74, 6) is -2.58. The number of carboxylic acids is 1. The molecule has 2 aromatic rings. The molecule has 0 aromatic heterocycles. The van der Waals surface area contributed by atoms with Crippen LogP contribution in [0.5, 0.6) is 0 Å². The van der Waals surface area contributed by atoms with Gasteiger partial charge < -0.3 is 25.4 Å². The standard InChI is InChI=1S/C24H26N4O9S/c1-15-20(22(29)30)21(16-7-5-8-17(13-16)28(33)34)27(24(32)26-15)12-6-11-25-14-38(35,36)19-10-4-3-9-18(19)23(31)37-2/h3-5,7-10,13,21,25H,6,11-12,14H2,1-2H3,(H,26,32)(H,29,30). The molecule has 1 atom stereocenters. The lowest BCUT2D eigenvalue weighted by molar-refractivity contribution is -0.384. The lowest BCUT2D eigenvalue weighted by Gasteiger charge is -2.37. The molecule has 2 aromatic carbocycles. The van der Waals surface area contributed by atoms with Gasteiger partial charge in [-0.1, -0.05) is 24.3 Å². The van der Waals surface area contributed by atoms with E-state index in [-0.39, 0.29) is 52.5 Å². The number of amides is 2. The van der Waals surface area contributed by atoms with E-state index in [0.29, 0.717) is 0 Å². The van der Waals surface area contributed by atoms with Gasteiger partial charge in [0.05, 0.1) is 34.1 Å². The van der Waals surface area contributed by atoms with Gasteiger partial charge in [-0.25, -0.2) is 22.8 Å². The van der Waals surface area contributed by atoms with Crippen molar-refractivity contribution in [2.45, 2.75) is 24.3 Å². The summed E-state index contributed by atoms with van der Waals surface area (Å²) in [6, 6.07) is 9.34. The number of sulfone groups is 1. The molecule has 0 aliphatic carbocycles. The molecule has 0 saturated carbocycles. The normalized spacial score (nSPS) is 15.7. The highest BCUT2D eigenvalue weighted by atomic mass is 32.2. The maximum absolute atomic E-state index is 12.8. The summed E-state index contributed by atoms with van der Waals surface area (Å²) in [5, 5.41) is 26.4. The smallest absolute Gasteiger partial charge is 0.339 e. The van der Waals surface area contributed by atoms with Crippen molar-refractivity contribution in [2.75, 3.05) is 26.1 Å². The molecule has 2 amide bonds. The first-order valence-electron chi connectivity index (χ1n) is 11.3. The van der Waals surface area contributed by atoms with Gasteiger partial charge in [-0.3, -0.25) is 10.1 Å². The molecule has 1 aliphatic rings. The number of non-ortho nitro benzene ring substituents is 1. The number of aliphatic carboxylic acids is 1. The summed E-state index contributed by atoms with van der Waals surface area (Å²) in [7, 11) is -2.76. The molecule has 13 nitrogen and oxygen atoms in total. The van der Waals surface area contributed by atoms with E-state index in [1.807, 2.05) is 0 Å². The Morgan fingerprint density at radius 3 is 2.58 bits per heavy atom. The number of hydrogen-bond acceptors (Lipinski definition) is 9. The summed E-state index contributed by atoms with van der Waals surface area (Å²) in [4.78, 5) is 48.5. The minimum Gasteiger partial charge on any atom is -0.478 e. The number of nitrogens with zero attached hydrogens (tertiary/aromatic N) is 2. The van der Waals surface area contributed by atoms with Crippen molar-refractivity contribution in [3.8, 4) is 0 Å². The molecule has 1 heterocycles. The molecular weight excluding hydrogens is 520 g/mol. The van der Waals surface area contributed by atoms with Crippen molar-refractivity contribution < 1.29 is 37.6 Å². The zero-order valence-electron chi connectivity index (χ0n) is 20.5. The van der Waals surface area contributed by atoms with Crippen molar-refractivity contribution in [2.24, 2.45) is 0 Å². The van der Waals surface area contributed by atoms with Crippen LogP contribution in [0.25, 0.3) is 0 Å². The third kappa shape index (κ3) is 6.15. The van der Waals surface area contributed by atoms with Crippen LogP contribution >= 0.6 is 0 Å². The zero-order valence-corrected chi connectivity index (χ0v) is 21.4. The Morgan fingerprint density at radius 2 is 1.92 bits per heavy atom. The Balaban J connectivity index is 1.75. The van der Waals surface area contributed by atoms with Crippen molar-refractivity contribution in [1.29, 1.82) is 0 Å². The Kier molecular flexibility index (Phi) is 8.80. The first-order chi connectivity index (χ1) is 18.0. The van der Waals surface area contributed by atoms with E-state index < -0.39 is 44.6 Å². The minimum atomic E-state index is -3.91. The van der Waals surface area contributed by atoms with Gasteiger partial charge in [-0.15, -0.1) is 0 Å². The van der Waals surface area contributed by atoms with E-state index in [4.69, 9.17) is 0 Å². The van der Waals surface area contributed by atoms with E-state index in [0.717, 1.165) is 7.11 Å². The van der Waals surface area contributed by atoms with Gasteiger partial charge in [0.15, 0.2) is 9.84 Å². The number of rotatable bonds is 11. The average Bonchev–Trinajstić information content (AvgIpc) is 2.88. The van der Waals surface area contributed by atoms with Crippen molar-refractivity contribution in [3.05, 3.63) is 81.0 Å². The average molecular weight is 547 g/mol. The molecule has 1 aliphatic heterocycles. The zero-order chi connectivity index (χ0) is 28.0. The highest BCUT2D eigenvalue weighted by Gasteiger charge is 2.38. The fourth-order valence-corrected chi connectivity index (χ4v) is 5.46. The van der Waals surface area contributed by atoms with Crippen LogP contribution in [0.15, 0.2) is 64.7 Å². The fourth-order valence-electron chi connectivity index (χ4n) is 4.12. The predicted molar refractivity (Wildman–Crippen MR) is 134 cm³/mol. The number of nitro groups is 1. The Morgan fingerprint density at radius 1 is 1.21 bits per heavy atom. The number of carbonyl (C=O) groups excluding carboxylic acids is 2. The highest BCUT2D eigenvalue weighted by molar-refractivity contribution is 7.91. The molecule has 14 heteroatoms. The predicted octanol–water partition coefficient (Wildman–Crippen LogP) is 2.22. The third-order valence-corrected chi connectivity index (χ3v) is 7.45. The second-order valence-corrected chi connectivity index (χ2v) is 10.3. The molecule has 202 valence electrons. The van der Waals surface area contributed by atoms with Crippen LogP contribution in [0.4, 0.5) is 10.5 Å². The Hall–Kier alpha value is -4.30. The molecule has 3 N–H and O–H groups in total. The second-order valence-electron chi connectivity index (χ2n) is 8.32. The number of carbonyl (C=O) groups is 3. The SMILES string of the molecule is COC(=O)c1ccccc1S(=O)(=O)CNCCCN1C(=O)NC(C)=C(C(=O)O)C1c1cccc([N+](=O)[O-])c1. The molecule has 0 radical (unpaired) electrons. The van der Waals surface area contributed by atoms with Gasteiger partial charge in [0.1, 0.15) is 5.88 Å². The Bertz CT molecular complexity index is 1410. The van der Waals surface area contributed by atoms with Crippen molar-refractivity contribution >= 4 is 33.5 Å². The summed E-state index contributed by atoms with van der Waals surface area (Å²) in [6.45, 7) is 1.56. The maximum Gasteiger partial charge on any atom is 0.339 e. The first kappa shape index (κ1) is 28.3. The van der Waals surface area contributed by atoms with E-state index in [1.165, 1.54) is 60.4 Å². The van der Waals surface area contributed by atoms with Crippen LogP contribution < -0.4 is 10.6 Å². The lowest BCUT2D eigenvalue weighted by atomic mass is 9.93. The first-order valence-corrected chi connectivity index (χ1v) is 13.0. The van der Waals surface area contributed by atoms with Crippen LogP contribution in [-0.4, -0.2) is 67.4 Å². The number of nitro benzene ring substituents is 1. The molecular formula is C24H26N4O9S. The maximum atomic E-state index is 12.8. The van der Waals surface area contributed by atoms with Gasteiger partial charge in [0.25, 0.3) is 5.69 Å². The summed E-state index contributed by atoms with van der Waals surface area (Å²) in [6.07, 6.45) is 0.221. The highest BCUT2D eigenvalue weighted by Crippen LogP contribution is 2.35. The van der Waals surface area contributed by atoms with Gasteiger partial charge in [-0.2, -0.15) is 0 Å². The van der Waals surface area contributed by atoms with Crippen LogP contribution in [0.2, 0.25) is 0 Å². The number of ether oxygens (including phenoxy) is 1. The van der Waals surface area contributed by atoms with E-state index >= 15 is 0 Å². The van der Waals surface area contributed by atoms with Crippen molar-refractivity contribution in [3.63, 3.8) is 0 Å². The van der Waals surface area contributed by atoms with Gasteiger partial charge >= 0.3 is 18.0 Å². The molecule has 3 rings (SSSR count). The number of nitrogens with one attached hydrogen (secondary N) is 2. The number of benzene rings is 2. The number of allylic oxidation sites excluding steroid dienone is 1. The summed E-state index contributed by atoms with van der Waals surface area (Å²) in [5.41, 5.74) is -0.121. The molecule has 0 spiro atoms. The molecule has 1 unspecified atom stereocenters. The number of hydrogen-bond donors (Lipinski definition) is 3. The van der Waals surface area contributed by atoms with Gasteiger partial charge in [0.2, 0.25) is 0 Å². The summed E-state index contributed by atoms with van der Waals surface area (Å²) >= 11 is 0. The Labute approximate surface area is 218 Å². The van der Waals surface area contributed by atoms with Gasteiger partial charge in [-0.05, 0) is 37.6 Å². The second kappa shape index (κ2) is 11.8.